The van der Waals surface area contributed by atoms with E-state index in [0.29, 0.717) is 11.2 Å². The molecule has 1 saturated heterocycles. The predicted molar refractivity (Wildman–Crippen MR) is 89.5 cm³/mol. The van der Waals surface area contributed by atoms with Crippen molar-refractivity contribution in [3.63, 3.8) is 0 Å². The molecule has 1 aliphatic heterocycles. The van der Waals surface area contributed by atoms with Gasteiger partial charge >= 0.3 is 0 Å². The van der Waals surface area contributed by atoms with Gasteiger partial charge in [0, 0.05) is 36.9 Å². The Morgan fingerprint density at radius 1 is 1.14 bits per heavy atom. The van der Waals surface area contributed by atoms with Crippen molar-refractivity contribution in [2.24, 2.45) is 0 Å². The number of anilines is 1. The van der Waals surface area contributed by atoms with Crippen LogP contribution in [0.3, 0.4) is 0 Å². The highest BCUT2D eigenvalue weighted by atomic mass is 35.5. The molecule has 4 rings (SSSR count). The first-order valence-electron chi connectivity index (χ1n) is 7.59. The quantitative estimate of drug-likeness (QED) is 0.672. The Labute approximate surface area is 134 Å². The molecule has 3 aromatic rings. The van der Waals surface area contributed by atoms with E-state index in [-0.39, 0.29) is 0 Å². The molecule has 0 atom stereocenters. The molecule has 4 nitrogen and oxygen atoms in total. The van der Waals surface area contributed by atoms with Gasteiger partial charge in [0.05, 0.1) is 6.33 Å². The monoisotopic (exact) mass is 312 g/mol. The molecule has 0 bridgehead atoms. The summed E-state index contributed by atoms with van der Waals surface area (Å²) in [7, 11) is 0. The molecular formula is C17H17ClN4. The molecule has 0 aliphatic carbocycles. The van der Waals surface area contributed by atoms with Gasteiger partial charge in [-0.25, -0.2) is 9.97 Å². The number of rotatable bonds is 2. The van der Waals surface area contributed by atoms with E-state index in [0.717, 1.165) is 42.5 Å². The second-order valence-electron chi connectivity index (χ2n) is 5.72. The van der Waals surface area contributed by atoms with E-state index in [1.165, 1.54) is 0 Å². The van der Waals surface area contributed by atoms with Crippen molar-refractivity contribution in [2.45, 2.75) is 18.9 Å². The molecule has 0 saturated carbocycles. The number of hydrogen-bond acceptors (Lipinski definition) is 3. The lowest BCUT2D eigenvalue weighted by molar-refractivity contribution is 0.395. The third-order valence-corrected chi connectivity index (χ3v) is 4.70. The Kier molecular flexibility index (Phi) is 3.47. The van der Waals surface area contributed by atoms with Gasteiger partial charge in [-0.2, -0.15) is 0 Å². The molecule has 1 fully saturated rings. The van der Waals surface area contributed by atoms with Crippen molar-refractivity contribution >= 4 is 28.2 Å². The van der Waals surface area contributed by atoms with Crippen molar-refractivity contribution in [1.82, 2.24) is 14.5 Å². The first-order valence-corrected chi connectivity index (χ1v) is 7.97. The smallest absolute Gasteiger partial charge is 0.139 e. The van der Waals surface area contributed by atoms with Crippen LogP contribution >= 0.6 is 11.6 Å². The molecule has 2 aromatic heterocycles. The summed E-state index contributed by atoms with van der Waals surface area (Å²) >= 11 is 6.34. The topological polar surface area (TPSA) is 34.0 Å². The fraction of sp³-hybridized carbons (Fsp3) is 0.294. The Bertz CT molecular complexity index is 776. The van der Waals surface area contributed by atoms with Gasteiger partial charge in [-0.15, -0.1) is 0 Å². The fourth-order valence-electron chi connectivity index (χ4n) is 3.18. The number of pyridine rings is 1. The molecule has 5 heteroatoms. The summed E-state index contributed by atoms with van der Waals surface area (Å²) in [6.07, 6.45) is 8.00. The van der Waals surface area contributed by atoms with Crippen LogP contribution in [0.5, 0.6) is 0 Å². The van der Waals surface area contributed by atoms with Crippen molar-refractivity contribution < 1.29 is 0 Å². The zero-order chi connectivity index (χ0) is 14.9. The summed E-state index contributed by atoms with van der Waals surface area (Å²) in [5.74, 6) is 0.979. The van der Waals surface area contributed by atoms with E-state index >= 15 is 0 Å². The molecule has 0 unspecified atom stereocenters. The maximum atomic E-state index is 6.34. The van der Waals surface area contributed by atoms with E-state index in [1.54, 1.807) is 0 Å². The maximum absolute atomic E-state index is 6.34. The highest BCUT2D eigenvalue weighted by Gasteiger charge is 2.21. The number of aromatic nitrogens is 3. The second kappa shape index (κ2) is 5.61. The number of hydrogen-bond donors (Lipinski definition) is 0. The molecule has 0 amide bonds. The van der Waals surface area contributed by atoms with Crippen LogP contribution in [0.15, 0.2) is 49.1 Å². The average Bonchev–Trinajstić information content (AvgIpc) is 3.09. The molecular weight excluding hydrogens is 296 g/mol. The van der Waals surface area contributed by atoms with Gasteiger partial charge in [0.15, 0.2) is 0 Å². The van der Waals surface area contributed by atoms with Crippen molar-refractivity contribution in [3.8, 4) is 0 Å². The van der Waals surface area contributed by atoms with Crippen LogP contribution in [-0.2, 0) is 0 Å². The van der Waals surface area contributed by atoms with Crippen LogP contribution in [-0.4, -0.2) is 27.6 Å². The van der Waals surface area contributed by atoms with Gasteiger partial charge < -0.3 is 9.47 Å². The number of imidazole rings is 1. The minimum Gasteiger partial charge on any atom is -0.356 e. The SMILES string of the molecule is Clc1nc(N2CCC(n3ccnc3)CC2)cc2ccccc12. The minimum absolute atomic E-state index is 0.537. The van der Waals surface area contributed by atoms with E-state index < -0.39 is 0 Å². The van der Waals surface area contributed by atoms with Gasteiger partial charge in [-0.1, -0.05) is 35.9 Å². The number of fused-ring (bicyclic) bond motifs is 1. The Morgan fingerprint density at radius 3 is 2.73 bits per heavy atom. The van der Waals surface area contributed by atoms with E-state index in [9.17, 15) is 0 Å². The van der Waals surface area contributed by atoms with Gasteiger partial charge in [0.25, 0.3) is 0 Å². The summed E-state index contributed by atoms with van der Waals surface area (Å²) in [4.78, 5) is 11.1. The minimum atomic E-state index is 0.537. The molecule has 0 radical (unpaired) electrons. The number of benzene rings is 1. The summed E-state index contributed by atoms with van der Waals surface area (Å²) in [6.45, 7) is 1.98. The number of halogens is 1. The maximum Gasteiger partial charge on any atom is 0.139 e. The Hall–Kier alpha value is -2.07. The van der Waals surface area contributed by atoms with Crippen LogP contribution in [0.1, 0.15) is 18.9 Å². The Balaban J connectivity index is 1.56. The number of nitrogens with zero attached hydrogens (tertiary/aromatic N) is 4. The third-order valence-electron chi connectivity index (χ3n) is 4.42. The molecule has 0 spiro atoms. The molecule has 112 valence electrons. The van der Waals surface area contributed by atoms with Crippen LogP contribution in [0.25, 0.3) is 10.8 Å². The highest BCUT2D eigenvalue weighted by molar-refractivity contribution is 6.34. The first kappa shape index (κ1) is 13.6. The lowest BCUT2D eigenvalue weighted by atomic mass is 10.0. The summed E-state index contributed by atoms with van der Waals surface area (Å²) in [6, 6.07) is 10.8. The summed E-state index contributed by atoms with van der Waals surface area (Å²) < 4.78 is 2.21. The zero-order valence-electron chi connectivity index (χ0n) is 12.2. The van der Waals surface area contributed by atoms with E-state index in [1.807, 2.05) is 36.9 Å². The molecule has 0 N–H and O–H groups in total. The van der Waals surface area contributed by atoms with Crippen molar-refractivity contribution in [2.75, 3.05) is 18.0 Å². The third kappa shape index (κ3) is 2.44. The highest BCUT2D eigenvalue weighted by Crippen LogP contribution is 2.30. The zero-order valence-corrected chi connectivity index (χ0v) is 12.9. The van der Waals surface area contributed by atoms with Crippen molar-refractivity contribution in [1.29, 1.82) is 0 Å². The van der Waals surface area contributed by atoms with E-state index in [2.05, 4.69) is 31.6 Å². The second-order valence-corrected chi connectivity index (χ2v) is 6.08. The predicted octanol–water partition coefficient (Wildman–Crippen LogP) is 3.93. The van der Waals surface area contributed by atoms with Crippen LogP contribution in [0.2, 0.25) is 5.15 Å². The molecule has 1 aromatic carbocycles. The lowest BCUT2D eigenvalue weighted by Crippen LogP contribution is -2.34. The summed E-state index contributed by atoms with van der Waals surface area (Å²) in [5.41, 5.74) is 0. The number of piperidine rings is 1. The standard InChI is InChI=1S/C17H17ClN4/c18-17-15-4-2-1-3-13(15)11-16(20-17)21-8-5-14(6-9-21)22-10-7-19-12-22/h1-4,7,10-12,14H,5-6,8-9H2. The normalized spacial score (nSPS) is 16.3. The first-order chi connectivity index (χ1) is 10.8. The summed E-state index contributed by atoms with van der Waals surface area (Å²) in [5, 5.41) is 2.75. The molecule has 3 heterocycles. The molecule has 22 heavy (non-hydrogen) atoms. The van der Waals surface area contributed by atoms with Crippen molar-refractivity contribution in [3.05, 3.63) is 54.2 Å². The van der Waals surface area contributed by atoms with Crippen LogP contribution in [0, 0.1) is 0 Å². The van der Waals surface area contributed by atoms with E-state index in [4.69, 9.17) is 11.6 Å². The fourth-order valence-corrected chi connectivity index (χ4v) is 3.44. The lowest BCUT2D eigenvalue weighted by Gasteiger charge is -2.33. The Morgan fingerprint density at radius 2 is 1.95 bits per heavy atom. The molecule has 1 aliphatic rings. The largest absolute Gasteiger partial charge is 0.356 e. The van der Waals surface area contributed by atoms with Gasteiger partial charge in [-0.05, 0) is 24.3 Å². The van der Waals surface area contributed by atoms with Crippen LogP contribution in [0.4, 0.5) is 5.82 Å². The van der Waals surface area contributed by atoms with Crippen LogP contribution < -0.4 is 4.90 Å². The van der Waals surface area contributed by atoms with Gasteiger partial charge in [-0.3, -0.25) is 0 Å². The van der Waals surface area contributed by atoms with Gasteiger partial charge in [0.1, 0.15) is 11.0 Å². The van der Waals surface area contributed by atoms with Gasteiger partial charge in [0.2, 0.25) is 0 Å². The average molecular weight is 313 g/mol.